The summed E-state index contributed by atoms with van der Waals surface area (Å²) >= 11 is 3.26. The number of hydrogen-bond acceptors (Lipinski definition) is 3. The van der Waals surface area contributed by atoms with Crippen LogP contribution in [-0.4, -0.2) is 20.2 Å². The second-order valence-electron chi connectivity index (χ2n) is 2.39. The van der Waals surface area contributed by atoms with Crippen LogP contribution in [0.4, 0.5) is 0 Å². The van der Waals surface area contributed by atoms with Crippen molar-refractivity contribution in [2.75, 3.05) is 0 Å². The number of nitrogens with zero attached hydrogens (tertiary/aromatic N) is 2. The number of halogens is 1. The van der Waals surface area contributed by atoms with E-state index in [0.717, 1.165) is 4.47 Å². The molecule has 0 saturated heterocycles. The van der Waals surface area contributed by atoms with Crippen molar-refractivity contribution in [3.8, 4) is 11.5 Å². The minimum absolute atomic E-state index is 0.334. The van der Waals surface area contributed by atoms with E-state index in [-0.39, 0.29) is 5.69 Å². The quantitative estimate of drug-likeness (QED) is 0.779. The van der Waals surface area contributed by atoms with E-state index in [1.165, 1.54) is 0 Å². The molecule has 0 radical (unpaired) electrons. The second-order valence-corrected chi connectivity index (χ2v) is 3.30. The Morgan fingerprint density at radius 3 is 2.77 bits per heavy atom. The average Bonchev–Trinajstić information content (AvgIpc) is 2.53. The number of hydrogen-bond donors (Lipinski definition) is 2. The molecule has 0 fully saturated rings. The van der Waals surface area contributed by atoms with Gasteiger partial charge in [0, 0.05) is 10.7 Å². The van der Waals surface area contributed by atoms with Crippen molar-refractivity contribution in [3.63, 3.8) is 0 Å². The molecule has 0 aliphatic heterocycles. The lowest BCUT2D eigenvalue weighted by Gasteiger charge is -1.93. The molecule has 0 spiro atoms. The molecule has 2 rings (SSSR count). The zero-order valence-electron chi connectivity index (χ0n) is 6.41. The summed E-state index contributed by atoms with van der Waals surface area (Å²) in [5.74, 6) is 0.442. The molecule has 2 aromatic rings. The highest BCUT2D eigenvalue weighted by atomic mass is 79.9. The zero-order valence-corrected chi connectivity index (χ0v) is 8.00. The van der Waals surface area contributed by atoms with Gasteiger partial charge in [-0.3, -0.25) is 9.97 Å². The van der Waals surface area contributed by atoms with Crippen LogP contribution in [0.25, 0.3) is 11.5 Å². The van der Waals surface area contributed by atoms with Gasteiger partial charge in [-0.1, -0.05) is 0 Å². The molecular formula is C7H5BrN4O. The number of rotatable bonds is 1. The molecule has 0 amide bonds. The third-order valence-corrected chi connectivity index (χ3v) is 1.94. The highest BCUT2D eigenvalue weighted by molar-refractivity contribution is 9.10. The Morgan fingerprint density at radius 2 is 2.23 bits per heavy atom. The summed E-state index contributed by atoms with van der Waals surface area (Å²) in [6, 6.07) is 3.59. The van der Waals surface area contributed by atoms with Crippen LogP contribution in [-0.2, 0) is 0 Å². The Balaban J connectivity index is 2.47. The van der Waals surface area contributed by atoms with Gasteiger partial charge in [0.1, 0.15) is 5.69 Å². The first-order valence-electron chi connectivity index (χ1n) is 3.52. The van der Waals surface area contributed by atoms with Gasteiger partial charge in [-0.15, -0.1) is 0 Å². The van der Waals surface area contributed by atoms with Crippen molar-refractivity contribution in [2.24, 2.45) is 0 Å². The van der Waals surface area contributed by atoms with E-state index in [1.807, 2.05) is 6.07 Å². The number of aromatic amines is 2. The van der Waals surface area contributed by atoms with E-state index < -0.39 is 0 Å². The first-order valence-corrected chi connectivity index (χ1v) is 4.31. The van der Waals surface area contributed by atoms with Gasteiger partial charge in [0.05, 0.1) is 0 Å². The van der Waals surface area contributed by atoms with Gasteiger partial charge in [-0.25, -0.2) is 9.89 Å². The van der Waals surface area contributed by atoms with Crippen LogP contribution in [0.3, 0.4) is 0 Å². The number of aromatic nitrogens is 4. The number of nitrogens with one attached hydrogen (secondary N) is 2. The fourth-order valence-corrected chi connectivity index (χ4v) is 1.14. The van der Waals surface area contributed by atoms with Crippen molar-refractivity contribution < 1.29 is 0 Å². The fourth-order valence-electron chi connectivity index (χ4n) is 0.907. The van der Waals surface area contributed by atoms with Gasteiger partial charge in [-0.2, -0.15) is 5.10 Å². The van der Waals surface area contributed by atoms with Gasteiger partial charge >= 0.3 is 5.69 Å². The Kier molecular flexibility index (Phi) is 1.97. The molecule has 13 heavy (non-hydrogen) atoms. The molecule has 6 heteroatoms. The SMILES string of the molecule is O=c1[nH]nc(-c2ccc(Br)cn2)[nH]1. The van der Waals surface area contributed by atoms with E-state index in [2.05, 4.69) is 36.1 Å². The fraction of sp³-hybridized carbons (Fsp3) is 0. The lowest BCUT2D eigenvalue weighted by Crippen LogP contribution is -2.00. The summed E-state index contributed by atoms with van der Waals surface area (Å²) < 4.78 is 0.883. The second kappa shape index (κ2) is 3.14. The molecule has 0 aromatic carbocycles. The van der Waals surface area contributed by atoms with Crippen LogP contribution >= 0.6 is 15.9 Å². The molecule has 0 aliphatic carbocycles. The Morgan fingerprint density at radius 1 is 1.38 bits per heavy atom. The van der Waals surface area contributed by atoms with Crippen LogP contribution in [0.1, 0.15) is 0 Å². The first kappa shape index (κ1) is 8.18. The topological polar surface area (TPSA) is 74.4 Å². The largest absolute Gasteiger partial charge is 0.340 e. The van der Waals surface area contributed by atoms with E-state index >= 15 is 0 Å². The summed E-state index contributed by atoms with van der Waals surface area (Å²) in [4.78, 5) is 17.3. The molecular weight excluding hydrogens is 236 g/mol. The van der Waals surface area contributed by atoms with Crippen molar-refractivity contribution in [3.05, 3.63) is 33.3 Å². The van der Waals surface area contributed by atoms with E-state index in [0.29, 0.717) is 11.5 Å². The number of pyridine rings is 1. The third kappa shape index (κ3) is 1.67. The predicted molar refractivity (Wildman–Crippen MR) is 50.1 cm³/mol. The van der Waals surface area contributed by atoms with Gasteiger partial charge in [0.25, 0.3) is 0 Å². The van der Waals surface area contributed by atoms with Gasteiger partial charge < -0.3 is 0 Å². The lowest BCUT2D eigenvalue weighted by molar-refractivity contribution is 1.05. The molecule has 5 nitrogen and oxygen atoms in total. The maximum Gasteiger partial charge on any atom is 0.340 e. The smallest absolute Gasteiger partial charge is 0.288 e. The van der Waals surface area contributed by atoms with Crippen LogP contribution < -0.4 is 5.69 Å². The Labute approximate surface area is 81.4 Å². The maximum atomic E-state index is 10.7. The third-order valence-electron chi connectivity index (χ3n) is 1.47. The molecule has 0 atom stereocenters. The Bertz CT molecular complexity index is 458. The van der Waals surface area contributed by atoms with Crippen LogP contribution in [0.15, 0.2) is 27.6 Å². The highest BCUT2D eigenvalue weighted by Crippen LogP contribution is 2.12. The molecule has 2 heterocycles. The van der Waals surface area contributed by atoms with Gasteiger partial charge in [-0.05, 0) is 28.1 Å². The van der Waals surface area contributed by atoms with Crippen LogP contribution in [0.5, 0.6) is 0 Å². The van der Waals surface area contributed by atoms with Gasteiger partial charge in [0.2, 0.25) is 0 Å². The van der Waals surface area contributed by atoms with Crippen LogP contribution in [0, 0.1) is 0 Å². The maximum absolute atomic E-state index is 10.7. The van der Waals surface area contributed by atoms with E-state index in [4.69, 9.17) is 0 Å². The zero-order chi connectivity index (χ0) is 9.26. The summed E-state index contributed by atoms with van der Waals surface area (Å²) in [6.07, 6.45) is 1.64. The highest BCUT2D eigenvalue weighted by Gasteiger charge is 2.02. The molecule has 2 aromatic heterocycles. The minimum atomic E-state index is -0.334. The van der Waals surface area contributed by atoms with Gasteiger partial charge in [0.15, 0.2) is 5.82 Å². The first-order chi connectivity index (χ1) is 6.25. The number of H-pyrrole nitrogens is 2. The molecule has 0 saturated carbocycles. The monoisotopic (exact) mass is 240 g/mol. The molecule has 0 aliphatic rings. The van der Waals surface area contributed by atoms with E-state index in [9.17, 15) is 4.79 Å². The average molecular weight is 241 g/mol. The summed E-state index contributed by atoms with van der Waals surface area (Å²) in [7, 11) is 0. The van der Waals surface area contributed by atoms with Crippen molar-refractivity contribution >= 4 is 15.9 Å². The standard InChI is InChI=1S/C7H5BrN4O/c8-4-1-2-5(9-3-4)6-10-7(13)12-11-6/h1-3H,(H2,10,11,12,13). The van der Waals surface area contributed by atoms with Crippen LogP contribution in [0.2, 0.25) is 0 Å². The lowest BCUT2D eigenvalue weighted by atomic mass is 10.3. The van der Waals surface area contributed by atoms with Crippen molar-refractivity contribution in [1.82, 2.24) is 20.2 Å². The molecule has 0 bridgehead atoms. The van der Waals surface area contributed by atoms with E-state index in [1.54, 1.807) is 12.3 Å². The molecule has 0 unspecified atom stereocenters. The summed E-state index contributed by atoms with van der Waals surface area (Å²) in [5.41, 5.74) is 0.293. The predicted octanol–water partition coefficient (Wildman–Crippen LogP) is 0.922. The normalized spacial score (nSPS) is 10.2. The van der Waals surface area contributed by atoms with Crippen molar-refractivity contribution in [2.45, 2.75) is 0 Å². The Hall–Kier alpha value is -1.43. The summed E-state index contributed by atoms with van der Waals surface area (Å²) in [5, 5.41) is 6.01. The molecule has 66 valence electrons. The minimum Gasteiger partial charge on any atom is -0.288 e. The molecule has 2 N–H and O–H groups in total. The summed E-state index contributed by atoms with van der Waals surface area (Å²) in [6.45, 7) is 0. The van der Waals surface area contributed by atoms with Crippen molar-refractivity contribution in [1.29, 1.82) is 0 Å².